The quantitative estimate of drug-likeness (QED) is 0.834. The van der Waals surface area contributed by atoms with Gasteiger partial charge < -0.3 is 11.1 Å². The van der Waals surface area contributed by atoms with Gasteiger partial charge >= 0.3 is 0 Å². The zero-order valence-electron chi connectivity index (χ0n) is 14.1. The summed E-state index contributed by atoms with van der Waals surface area (Å²) in [4.78, 5) is 14.3. The van der Waals surface area contributed by atoms with Gasteiger partial charge in [0, 0.05) is 31.2 Å². The van der Waals surface area contributed by atoms with Crippen LogP contribution in [0.3, 0.4) is 0 Å². The Morgan fingerprint density at radius 1 is 1.28 bits per heavy atom. The lowest BCUT2D eigenvalue weighted by Crippen LogP contribution is -2.36. The number of fused-ring (bicyclic) bond motifs is 1. The van der Waals surface area contributed by atoms with E-state index in [2.05, 4.69) is 10.2 Å². The van der Waals surface area contributed by atoms with Crippen LogP contribution in [0.1, 0.15) is 30.5 Å². The summed E-state index contributed by atoms with van der Waals surface area (Å²) in [6.07, 6.45) is 1.05. The molecule has 6 heteroatoms. The summed E-state index contributed by atoms with van der Waals surface area (Å²) < 4.78 is 27.2. The molecule has 0 aromatic heterocycles. The van der Waals surface area contributed by atoms with E-state index in [1.165, 1.54) is 24.3 Å². The number of nitrogens with zero attached hydrogens (tertiary/aromatic N) is 1. The van der Waals surface area contributed by atoms with Gasteiger partial charge in [-0.3, -0.25) is 9.69 Å². The van der Waals surface area contributed by atoms with E-state index in [-0.39, 0.29) is 29.9 Å². The van der Waals surface area contributed by atoms with Gasteiger partial charge in [-0.15, -0.1) is 0 Å². The molecule has 1 heterocycles. The monoisotopic (exact) mass is 345 g/mol. The normalized spacial score (nSPS) is 17.2. The standard InChI is InChI=1S/C19H21F2N3O/c1-12-16-10-14(20)3-2-13(16)6-8-24(12)9-7-19(25)23-18-11-15(22)4-5-17(18)21/h2-5,10-12H,6-9,22H2,1H3,(H,23,25)/t12-/m1/s1. The lowest BCUT2D eigenvalue weighted by atomic mass is 9.93. The number of rotatable bonds is 4. The minimum absolute atomic E-state index is 0.0383. The SMILES string of the molecule is C[C@@H]1c2cc(F)ccc2CCN1CCC(=O)Nc1cc(N)ccc1F. The Balaban J connectivity index is 1.60. The zero-order chi connectivity index (χ0) is 18.0. The number of hydrogen-bond acceptors (Lipinski definition) is 3. The maximum absolute atomic E-state index is 13.7. The van der Waals surface area contributed by atoms with Crippen molar-refractivity contribution in [3.63, 3.8) is 0 Å². The van der Waals surface area contributed by atoms with Crippen molar-refractivity contribution in [3.05, 3.63) is 59.2 Å². The number of amides is 1. The third kappa shape index (κ3) is 3.96. The molecule has 0 saturated carbocycles. The van der Waals surface area contributed by atoms with Crippen LogP contribution in [0, 0.1) is 11.6 Å². The van der Waals surface area contributed by atoms with Crippen molar-refractivity contribution < 1.29 is 13.6 Å². The largest absolute Gasteiger partial charge is 0.399 e. The predicted octanol–water partition coefficient (Wildman–Crippen LogP) is 3.49. The summed E-state index contributed by atoms with van der Waals surface area (Å²) in [6, 6.07) is 8.98. The highest BCUT2D eigenvalue weighted by Gasteiger charge is 2.24. The van der Waals surface area contributed by atoms with Gasteiger partial charge in [-0.1, -0.05) is 6.07 Å². The molecule has 2 aromatic rings. The highest BCUT2D eigenvalue weighted by atomic mass is 19.1. The van der Waals surface area contributed by atoms with E-state index in [0.717, 1.165) is 24.1 Å². The molecule has 3 N–H and O–H groups in total. The molecule has 0 saturated heterocycles. The smallest absolute Gasteiger partial charge is 0.225 e. The fourth-order valence-corrected chi connectivity index (χ4v) is 3.24. The second-order valence-corrected chi connectivity index (χ2v) is 6.34. The van der Waals surface area contributed by atoms with Crippen LogP contribution in [-0.2, 0) is 11.2 Å². The third-order valence-corrected chi connectivity index (χ3v) is 4.66. The molecule has 3 rings (SSSR count). The topological polar surface area (TPSA) is 58.4 Å². The maximum Gasteiger partial charge on any atom is 0.225 e. The molecule has 0 fully saturated rings. The van der Waals surface area contributed by atoms with Gasteiger partial charge in [0.25, 0.3) is 0 Å². The average Bonchev–Trinajstić information content (AvgIpc) is 2.58. The maximum atomic E-state index is 13.7. The molecule has 4 nitrogen and oxygen atoms in total. The summed E-state index contributed by atoms with van der Waals surface area (Å²) in [7, 11) is 0. The van der Waals surface area contributed by atoms with Crippen molar-refractivity contribution >= 4 is 17.3 Å². The number of anilines is 2. The van der Waals surface area contributed by atoms with Gasteiger partial charge in [0.1, 0.15) is 11.6 Å². The first-order valence-electron chi connectivity index (χ1n) is 8.31. The number of hydrogen-bond donors (Lipinski definition) is 2. The van der Waals surface area contributed by atoms with Crippen molar-refractivity contribution in [1.82, 2.24) is 4.90 Å². The van der Waals surface area contributed by atoms with Crippen LogP contribution >= 0.6 is 0 Å². The molecule has 1 aliphatic heterocycles. The van der Waals surface area contributed by atoms with E-state index < -0.39 is 5.82 Å². The number of benzene rings is 2. The average molecular weight is 345 g/mol. The van der Waals surface area contributed by atoms with Crippen molar-refractivity contribution in [2.45, 2.75) is 25.8 Å². The fourth-order valence-electron chi connectivity index (χ4n) is 3.24. The molecular formula is C19H21F2N3O. The second kappa shape index (κ2) is 7.19. The lowest BCUT2D eigenvalue weighted by molar-refractivity contribution is -0.116. The number of carbonyl (C=O) groups is 1. The first kappa shape index (κ1) is 17.4. The van der Waals surface area contributed by atoms with Crippen LogP contribution in [0.4, 0.5) is 20.2 Å². The number of nitrogens with two attached hydrogens (primary N) is 1. The van der Waals surface area contributed by atoms with Crippen LogP contribution in [0.5, 0.6) is 0 Å². The predicted molar refractivity (Wildman–Crippen MR) is 94.2 cm³/mol. The number of nitrogen functional groups attached to an aromatic ring is 1. The Hall–Kier alpha value is -2.47. The summed E-state index contributed by atoms with van der Waals surface area (Å²) >= 11 is 0. The first-order valence-corrected chi connectivity index (χ1v) is 8.31. The summed E-state index contributed by atoms with van der Waals surface area (Å²) in [5, 5.41) is 2.55. The molecule has 132 valence electrons. The molecule has 0 aliphatic carbocycles. The van der Waals surface area contributed by atoms with E-state index in [1.54, 1.807) is 6.07 Å². The van der Waals surface area contributed by atoms with Gasteiger partial charge in [-0.25, -0.2) is 8.78 Å². The molecule has 1 aliphatic rings. The first-order chi connectivity index (χ1) is 11.9. The highest BCUT2D eigenvalue weighted by Crippen LogP contribution is 2.30. The molecular weight excluding hydrogens is 324 g/mol. The minimum atomic E-state index is -0.515. The van der Waals surface area contributed by atoms with E-state index >= 15 is 0 Å². The van der Waals surface area contributed by atoms with Crippen LogP contribution in [-0.4, -0.2) is 23.9 Å². The molecule has 0 bridgehead atoms. The van der Waals surface area contributed by atoms with Crippen molar-refractivity contribution in [2.75, 3.05) is 24.1 Å². The zero-order valence-corrected chi connectivity index (χ0v) is 14.1. The summed E-state index contributed by atoms with van der Waals surface area (Å²) in [5.41, 5.74) is 8.20. The fraction of sp³-hybridized carbons (Fsp3) is 0.316. The minimum Gasteiger partial charge on any atom is -0.399 e. The van der Waals surface area contributed by atoms with Gasteiger partial charge in [-0.05, 0) is 54.8 Å². The molecule has 1 atom stereocenters. The Morgan fingerprint density at radius 3 is 2.88 bits per heavy atom. The molecule has 0 unspecified atom stereocenters. The Labute approximate surface area is 145 Å². The summed E-state index contributed by atoms with van der Waals surface area (Å²) in [5.74, 6) is -1.04. The number of carbonyl (C=O) groups excluding carboxylic acids is 1. The molecule has 2 aromatic carbocycles. The van der Waals surface area contributed by atoms with Gasteiger partial charge in [0.15, 0.2) is 0 Å². The Kier molecular flexibility index (Phi) is 4.99. The van der Waals surface area contributed by atoms with E-state index in [9.17, 15) is 13.6 Å². The molecule has 0 spiro atoms. The highest BCUT2D eigenvalue weighted by molar-refractivity contribution is 5.91. The van der Waals surface area contributed by atoms with E-state index in [4.69, 9.17) is 5.73 Å². The van der Waals surface area contributed by atoms with Crippen LogP contribution in [0.25, 0.3) is 0 Å². The van der Waals surface area contributed by atoms with Crippen molar-refractivity contribution in [2.24, 2.45) is 0 Å². The van der Waals surface area contributed by atoms with Gasteiger partial charge in [0.2, 0.25) is 5.91 Å². The Bertz CT molecular complexity index is 794. The number of halogens is 2. The van der Waals surface area contributed by atoms with Crippen LogP contribution < -0.4 is 11.1 Å². The molecule has 0 radical (unpaired) electrons. The van der Waals surface area contributed by atoms with E-state index in [1.807, 2.05) is 13.0 Å². The second-order valence-electron chi connectivity index (χ2n) is 6.34. The van der Waals surface area contributed by atoms with Crippen molar-refractivity contribution in [3.8, 4) is 0 Å². The summed E-state index contributed by atoms with van der Waals surface area (Å²) in [6.45, 7) is 3.33. The van der Waals surface area contributed by atoms with Crippen LogP contribution in [0.15, 0.2) is 36.4 Å². The van der Waals surface area contributed by atoms with Crippen LogP contribution in [0.2, 0.25) is 0 Å². The van der Waals surface area contributed by atoms with Gasteiger partial charge in [-0.2, -0.15) is 0 Å². The van der Waals surface area contributed by atoms with E-state index in [0.29, 0.717) is 12.2 Å². The third-order valence-electron chi connectivity index (χ3n) is 4.66. The lowest BCUT2D eigenvalue weighted by Gasteiger charge is -2.35. The van der Waals surface area contributed by atoms with Gasteiger partial charge in [0.05, 0.1) is 5.69 Å². The number of nitrogens with one attached hydrogen (secondary N) is 1. The van der Waals surface area contributed by atoms with Crippen molar-refractivity contribution in [1.29, 1.82) is 0 Å². The Morgan fingerprint density at radius 2 is 2.08 bits per heavy atom. The molecule has 1 amide bonds. The molecule has 25 heavy (non-hydrogen) atoms.